The van der Waals surface area contributed by atoms with Crippen LogP contribution < -0.4 is 16.3 Å². The summed E-state index contributed by atoms with van der Waals surface area (Å²) >= 11 is 0. The summed E-state index contributed by atoms with van der Waals surface area (Å²) in [5, 5.41) is 5.96. The molecule has 0 aliphatic carbocycles. The zero-order valence-electron chi connectivity index (χ0n) is 15.8. The average Bonchev–Trinajstić information content (AvgIpc) is 3.06. The van der Waals surface area contributed by atoms with Gasteiger partial charge < -0.3 is 10.6 Å². The summed E-state index contributed by atoms with van der Waals surface area (Å²) < 4.78 is 41.6. The minimum atomic E-state index is -1.93. The van der Waals surface area contributed by atoms with Gasteiger partial charge in [0, 0.05) is 50.0 Å². The van der Waals surface area contributed by atoms with Crippen molar-refractivity contribution in [2.24, 2.45) is 5.73 Å². The van der Waals surface area contributed by atoms with Gasteiger partial charge in [-0.15, -0.1) is 0 Å². The van der Waals surface area contributed by atoms with Gasteiger partial charge >= 0.3 is 5.69 Å². The second-order valence-corrected chi connectivity index (χ2v) is 6.49. The Morgan fingerprint density at radius 3 is 2.55 bits per heavy atom. The second-order valence-electron chi connectivity index (χ2n) is 6.49. The van der Waals surface area contributed by atoms with Gasteiger partial charge in [0.25, 0.3) is 6.08 Å². The molecule has 3 aromatic rings. The number of nitrogens with zero attached hydrogens (tertiary/aromatic N) is 4. The van der Waals surface area contributed by atoms with E-state index in [4.69, 9.17) is 5.73 Å². The third-order valence-electron chi connectivity index (χ3n) is 4.35. The zero-order chi connectivity index (χ0) is 21.1. The minimum Gasteiger partial charge on any atom is -0.363 e. The largest absolute Gasteiger partial charge is 0.363 e. The molecule has 7 nitrogen and oxygen atoms in total. The molecule has 0 radical (unpaired) electrons. The number of aromatic amines is 1. The number of benzene rings is 1. The van der Waals surface area contributed by atoms with E-state index in [1.165, 1.54) is 12.1 Å². The molecule has 0 bridgehead atoms. The molecule has 29 heavy (non-hydrogen) atoms. The standard InChI is InChI=1S/C19H19F3N6O/c1-27(2)16-6-3-11(10-24-16)14-5-4-13(8-15(14)20)28-17(25-26-19(28)29)7-12(9-23)18(21)22/h3-6,8,10H,7,9,23H2,1-2H3,(H,26,29). The van der Waals surface area contributed by atoms with Gasteiger partial charge in [0.05, 0.1) is 5.69 Å². The monoisotopic (exact) mass is 404 g/mol. The van der Waals surface area contributed by atoms with Crippen LogP contribution in [-0.4, -0.2) is 40.4 Å². The average molecular weight is 404 g/mol. The van der Waals surface area contributed by atoms with E-state index in [9.17, 15) is 18.0 Å². The van der Waals surface area contributed by atoms with Crippen molar-refractivity contribution < 1.29 is 13.2 Å². The summed E-state index contributed by atoms with van der Waals surface area (Å²) in [6, 6.07) is 7.64. The molecule has 0 amide bonds. The van der Waals surface area contributed by atoms with Crippen LogP contribution in [0.5, 0.6) is 0 Å². The first-order chi connectivity index (χ1) is 13.8. The van der Waals surface area contributed by atoms with Crippen LogP contribution in [0.2, 0.25) is 0 Å². The van der Waals surface area contributed by atoms with Crippen LogP contribution in [0, 0.1) is 5.82 Å². The second kappa shape index (κ2) is 8.31. The first-order valence-electron chi connectivity index (χ1n) is 8.65. The number of nitrogens with one attached hydrogen (secondary N) is 1. The molecule has 0 saturated carbocycles. The number of aromatic nitrogens is 4. The molecule has 0 fully saturated rings. The molecular formula is C19H19F3N6O. The maximum absolute atomic E-state index is 14.8. The lowest BCUT2D eigenvalue weighted by Gasteiger charge is -2.12. The molecule has 2 aromatic heterocycles. The Morgan fingerprint density at radius 1 is 1.24 bits per heavy atom. The van der Waals surface area contributed by atoms with Crippen LogP contribution >= 0.6 is 0 Å². The lowest BCUT2D eigenvalue weighted by atomic mass is 10.1. The lowest BCUT2D eigenvalue weighted by molar-refractivity contribution is 0.407. The van der Waals surface area contributed by atoms with Gasteiger partial charge in [0.2, 0.25) is 0 Å². The molecule has 0 aliphatic rings. The predicted molar refractivity (Wildman–Crippen MR) is 104 cm³/mol. The van der Waals surface area contributed by atoms with Crippen LogP contribution in [0.1, 0.15) is 5.82 Å². The van der Waals surface area contributed by atoms with Crippen molar-refractivity contribution >= 4 is 5.82 Å². The van der Waals surface area contributed by atoms with E-state index < -0.39 is 17.6 Å². The molecule has 3 rings (SSSR count). The highest BCUT2D eigenvalue weighted by molar-refractivity contribution is 5.66. The molecule has 152 valence electrons. The lowest BCUT2D eigenvalue weighted by Crippen LogP contribution is -2.18. The molecule has 10 heteroatoms. The number of hydrogen-bond donors (Lipinski definition) is 2. The third-order valence-corrected chi connectivity index (χ3v) is 4.35. The highest BCUT2D eigenvalue weighted by Gasteiger charge is 2.16. The molecule has 0 atom stereocenters. The summed E-state index contributed by atoms with van der Waals surface area (Å²) in [5.41, 5.74) is 5.32. The maximum Gasteiger partial charge on any atom is 0.347 e. The zero-order valence-corrected chi connectivity index (χ0v) is 15.8. The van der Waals surface area contributed by atoms with E-state index >= 15 is 0 Å². The van der Waals surface area contributed by atoms with Crippen LogP contribution in [0.15, 0.2) is 53.0 Å². The summed E-state index contributed by atoms with van der Waals surface area (Å²) in [4.78, 5) is 18.2. The van der Waals surface area contributed by atoms with Crippen molar-refractivity contribution in [2.75, 3.05) is 25.5 Å². The van der Waals surface area contributed by atoms with Gasteiger partial charge in [-0.1, -0.05) is 0 Å². The van der Waals surface area contributed by atoms with Gasteiger partial charge in [-0.25, -0.2) is 23.8 Å². The smallest absolute Gasteiger partial charge is 0.347 e. The van der Waals surface area contributed by atoms with E-state index in [1.807, 2.05) is 19.0 Å². The van der Waals surface area contributed by atoms with E-state index in [0.29, 0.717) is 11.1 Å². The molecule has 1 aromatic carbocycles. The predicted octanol–water partition coefficient (Wildman–Crippen LogP) is 2.48. The Kier molecular flexibility index (Phi) is 5.83. The summed E-state index contributed by atoms with van der Waals surface area (Å²) in [6.45, 7) is -0.382. The van der Waals surface area contributed by atoms with Gasteiger partial charge in [0.15, 0.2) is 0 Å². The van der Waals surface area contributed by atoms with Crippen LogP contribution in [0.25, 0.3) is 16.8 Å². The fraction of sp³-hybridized carbons (Fsp3) is 0.211. The summed E-state index contributed by atoms with van der Waals surface area (Å²) in [5.74, 6) is 0.142. The van der Waals surface area contributed by atoms with Gasteiger partial charge in [-0.3, -0.25) is 0 Å². The van der Waals surface area contributed by atoms with E-state index in [2.05, 4.69) is 15.2 Å². The number of H-pyrrole nitrogens is 1. The number of rotatable bonds is 6. The Labute approximate surface area is 164 Å². The highest BCUT2D eigenvalue weighted by atomic mass is 19.3. The van der Waals surface area contributed by atoms with Gasteiger partial charge in [-0.05, 0) is 30.3 Å². The fourth-order valence-corrected chi connectivity index (χ4v) is 2.81. The van der Waals surface area contributed by atoms with Crippen molar-refractivity contribution in [2.45, 2.75) is 6.42 Å². The van der Waals surface area contributed by atoms with Crippen LogP contribution in [0.3, 0.4) is 0 Å². The van der Waals surface area contributed by atoms with Crippen molar-refractivity contribution in [3.05, 3.63) is 70.3 Å². The SMILES string of the molecule is CN(C)c1ccc(-c2ccc(-n3c(CC(CN)=C(F)F)n[nH]c3=O)cc2F)cn1. The third kappa shape index (κ3) is 4.21. The highest BCUT2D eigenvalue weighted by Crippen LogP contribution is 2.26. The first-order valence-corrected chi connectivity index (χ1v) is 8.65. The quantitative estimate of drug-likeness (QED) is 0.659. The van der Waals surface area contributed by atoms with E-state index in [0.717, 1.165) is 16.5 Å². The maximum atomic E-state index is 14.8. The van der Waals surface area contributed by atoms with Crippen molar-refractivity contribution in [3.63, 3.8) is 0 Å². The molecule has 0 spiro atoms. The minimum absolute atomic E-state index is 0.00685. The Balaban J connectivity index is 1.98. The molecule has 0 unspecified atom stereocenters. The van der Waals surface area contributed by atoms with Crippen LogP contribution in [0.4, 0.5) is 19.0 Å². The summed E-state index contributed by atoms with van der Waals surface area (Å²) in [6.07, 6.45) is -0.716. The fourth-order valence-electron chi connectivity index (χ4n) is 2.81. The molecule has 3 N–H and O–H groups in total. The Bertz CT molecular complexity index is 1100. The Morgan fingerprint density at radius 2 is 2.00 bits per heavy atom. The van der Waals surface area contributed by atoms with E-state index in [1.54, 1.807) is 18.3 Å². The topological polar surface area (TPSA) is 92.8 Å². The number of pyridine rings is 1. The van der Waals surface area contributed by atoms with Gasteiger partial charge in [0.1, 0.15) is 17.5 Å². The normalized spacial score (nSPS) is 10.8. The van der Waals surface area contributed by atoms with E-state index in [-0.39, 0.29) is 30.1 Å². The van der Waals surface area contributed by atoms with Crippen molar-refractivity contribution in [3.8, 4) is 16.8 Å². The number of anilines is 1. The van der Waals surface area contributed by atoms with Gasteiger partial charge in [-0.2, -0.15) is 13.9 Å². The van der Waals surface area contributed by atoms with Crippen LogP contribution in [-0.2, 0) is 6.42 Å². The first kappa shape index (κ1) is 20.3. The molecule has 0 aliphatic heterocycles. The number of nitrogens with two attached hydrogens (primary N) is 1. The number of halogens is 3. The molecular weight excluding hydrogens is 385 g/mol. The van der Waals surface area contributed by atoms with Crippen molar-refractivity contribution in [1.82, 2.24) is 19.7 Å². The Hall–Kier alpha value is -3.40. The molecule has 2 heterocycles. The van der Waals surface area contributed by atoms with Crippen molar-refractivity contribution in [1.29, 1.82) is 0 Å². The summed E-state index contributed by atoms with van der Waals surface area (Å²) in [7, 11) is 3.69. The molecule has 0 saturated heterocycles. The number of hydrogen-bond acceptors (Lipinski definition) is 5.